The van der Waals surface area contributed by atoms with Gasteiger partial charge in [0.05, 0.1) is 13.4 Å². The molecule has 1 aromatic carbocycles. The SMILES string of the molecule is CCCSc1cccc(N2CCNCC2)c1C=COC. The van der Waals surface area contributed by atoms with E-state index in [-0.39, 0.29) is 0 Å². The Labute approximate surface area is 126 Å². The predicted molar refractivity (Wildman–Crippen MR) is 88.6 cm³/mol. The van der Waals surface area contributed by atoms with Crippen molar-refractivity contribution in [3.8, 4) is 0 Å². The van der Waals surface area contributed by atoms with E-state index in [1.807, 2.05) is 11.8 Å². The van der Waals surface area contributed by atoms with Crippen LogP contribution in [0.15, 0.2) is 29.4 Å². The number of rotatable bonds is 6. The molecule has 0 spiro atoms. The second-order valence-corrected chi connectivity index (χ2v) is 5.95. The Morgan fingerprint density at radius 1 is 1.35 bits per heavy atom. The first-order valence-corrected chi connectivity index (χ1v) is 8.26. The van der Waals surface area contributed by atoms with Crippen LogP contribution in [0.3, 0.4) is 0 Å². The zero-order valence-electron chi connectivity index (χ0n) is 12.4. The Hall–Kier alpha value is -1.13. The van der Waals surface area contributed by atoms with Crippen molar-refractivity contribution in [2.75, 3.05) is 43.9 Å². The van der Waals surface area contributed by atoms with Crippen LogP contribution < -0.4 is 10.2 Å². The lowest BCUT2D eigenvalue weighted by atomic mass is 10.1. The van der Waals surface area contributed by atoms with Gasteiger partial charge in [-0.2, -0.15) is 0 Å². The molecule has 0 bridgehead atoms. The van der Waals surface area contributed by atoms with E-state index in [9.17, 15) is 0 Å². The highest BCUT2D eigenvalue weighted by Gasteiger charge is 2.15. The summed E-state index contributed by atoms with van der Waals surface area (Å²) < 4.78 is 5.13. The van der Waals surface area contributed by atoms with Gasteiger partial charge < -0.3 is 15.0 Å². The van der Waals surface area contributed by atoms with E-state index in [2.05, 4.69) is 41.4 Å². The van der Waals surface area contributed by atoms with Crippen LogP contribution in [-0.4, -0.2) is 39.0 Å². The number of piperazine rings is 1. The quantitative estimate of drug-likeness (QED) is 0.643. The van der Waals surface area contributed by atoms with Crippen LogP contribution in [0.5, 0.6) is 0 Å². The van der Waals surface area contributed by atoms with Gasteiger partial charge in [0.15, 0.2) is 0 Å². The first-order valence-electron chi connectivity index (χ1n) is 7.27. The number of anilines is 1. The van der Waals surface area contributed by atoms with Crippen LogP contribution >= 0.6 is 11.8 Å². The number of nitrogens with zero attached hydrogens (tertiary/aromatic N) is 1. The van der Waals surface area contributed by atoms with E-state index >= 15 is 0 Å². The molecule has 0 radical (unpaired) electrons. The van der Waals surface area contributed by atoms with E-state index in [1.54, 1.807) is 13.4 Å². The largest absolute Gasteiger partial charge is 0.504 e. The maximum absolute atomic E-state index is 5.13. The minimum atomic E-state index is 1.06. The monoisotopic (exact) mass is 292 g/mol. The summed E-state index contributed by atoms with van der Waals surface area (Å²) in [6.07, 6.45) is 5.06. The van der Waals surface area contributed by atoms with Crippen molar-refractivity contribution < 1.29 is 4.74 Å². The average molecular weight is 292 g/mol. The van der Waals surface area contributed by atoms with E-state index in [0.717, 1.165) is 31.9 Å². The molecular weight excluding hydrogens is 268 g/mol. The maximum Gasteiger partial charge on any atom is 0.0831 e. The van der Waals surface area contributed by atoms with Crippen molar-refractivity contribution in [1.29, 1.82) is 0 Å². The highest BCUT2D eigenvalue weighted by molar-refractivity contribution is 7.99. The summed E-state index contributed by atoms with van der Waals surface area (Å²) in [5.74, 6) is 1.15. The first kappa shape index (κ1) is 15.3. The Morgan fingerprint density at radius 3 is 2.85 bits per heavy atom. The molecule has 1 saturated heterocycles. The van der Waals surface area contributed by atoms with Gasteiger partial charge in [-0.15, -0.1) is 11.8 Å². The Bertz CT molecular complexity index is 442. The summed E-state index contributed by atoms with van der Waals surface area (Å²) in [7, 11) is 1.70. The summed E-state index contributed by atoms with van der Waals surface area (Å²) in [6, 6.07) is 6.59. The lowest BCUT2D eigenvalue weighted by molar-refractivity contribution is 0.341. The Balaban J connectivity index is 2.30. The van der Waals surface area contributed by atoms with Gasteiger partial charge in [-0.05, 0) is 30.4 Å². The number of nitrogens with one attached hydrogen (secondary N) is 1. The smallest absolute Gasteiger partial charge is 0.0831 e. The lowest BCUT2D eigenvalue weighted by Gasteiger charge is -2.31. The van der Waals surface area contributed by atoms with Crippen molar-refractivity contribution >= 4 is 23.5 Å². The second kappa shape index (κ2) is 8.22. The third-order valence-corrected chi connectivity index (χ3v) is 4.61. The average Bonchev–Trinajstić information content (AvgIpc) is 2.52. The van der Waals surface area contributed by atoms with Gasteiger partial charge in [0, 0.05) is 42.3 Å². The van der Waals surface area contributed by atoms with Gasteiger partial charge in [-0.1, -0.05) is 13.0 Å². The van der Waals surface area contributed by atoms with Crippen molar-refractivity contribution in [1.82, 2.24) is 5.32 Å². The van der Waals surface area contributed by atoms with Gasteiger partial charge in [0.1, 0.15) is 0 Å². The summed E-state index contributed by atoms with van der Waals surface area (Å²) in [4.78, 5) is 3.80. The number of methoxy groups -OCH3 is 1. The molecule has 1 aromatic rings. The standard InChI is InChI=1S/C16H24N2OS/c1-3-13-20-16-6-4-5-15(14(16)7-12-19-2)18-10-8-17-9-11-18/h4-7,12,17H,3,8-11,13H2,1-2H3. The number of thioether (sulfide) groups is 1. The molecule has 0 amide bonds. The molecule has 1 heterocycles. The zero-order chi connectivity index (χ0) is 14.2. The molecule has 0 aliphatic carbocycles. The first-order chi connectivity index (χ1) is 9.86. The molecule has 1 N–H and O–H groups in total. The molecule has 1 fully saturated rings. The highest BCUT2D eigenvalue weighted by Crippen LogP contribution is 2.32. The normalized spacial score (nSPS) is 15.8. The summed E-state index contributed by atoms with van der Waals surface area (Å²) in [5.41, 5.74) is 2.61. The summed E-state index contributed by atoms with van der Waals surface area (Å²) in [5, 5.41) is 3.41. The van der Waals surface area contributed by atoms with Gasteiger partial charge in [-0.25, -0.2) is 0 Å². The van der Waals surface area contributed by atoms with E-state index < -0.39 is 0 Å². The van der Waals surface area contributed by atoms with Crippen LogP contribution in [-0.2, 0) is 4.74 Å². The third kappa shape index (κ3) is 3.93. The molecule has 4 heteroatoms. The van der Waals surface area contributed by atoms with Gasteiger partial charge in [0.2, 0.25) is 0 Å². The van der Waals surface area contributed by atoms with Crippen LogP contribution in [0.2, 0.25) is 0 Å². The Morgan fingerprint density at radius 2 is 2.15 bits per heavy atom. The topological polar surface area (TPSA) is 24.5 Å². The van der Waals surface area contributed by atoms with Gasteiger partial charge >= 0.3 is 0 Å². The van der Waals surface area contributed by atoms with E-state index in [1.165, 1.54) is 22.6 Å². The molecular formula is C16H24N2OS. The van der Waals surface area contributed by atoms with Crippen LogP contribution in [0.1, 0.15) is 18.9 Å². The van der Waals surface area contributed by atoms with Gasteiger partial charge in [-0.3, -0.25) is 0 Å². The van der Waals surface area contributed by atoms with Crippen LogP contribution in [0, 0.1) is 0 Å². The fourth-order valence-electron chi connectivity index (χ4n) is 2.36. The van der Waals surface area contributed by atoms with Crippen molar-refractivity contribution in [3.05, 3.63) is 30.0 Å². The molecule has 110 valence electrons. The van der Waals surface area contributed by atoms with Crippen molar-refractivity contribution in [3.63, 3.8) is 0 Å². The lowest BCUT2D eigenvalue weighted by Crippen LogP contribution is -2.43. The second-order valence-electron chi connectivity index (χ2n) is 4.81. The molecule has 0 aromatic heterocycles. The van der Waals surface area contributed by atoms with E-state index in [0.29, 0.717) is 0 Å². The predicted octanol–water partition coefficient (Wildman–Crippen LogP) is 3.22. The molecule has 3 nitrogen and oxygen atoms in total. The fraction of sp³-hybridized carbons (Fsp3) is 0.500. The van der Waals surface area contributed by atoms with Crippen LogP contribution in [0.4, 0.5) is 5.69 Å². The highest BCUT2D eigenvalue weighted by atomic mass is 32.2. The molecule has 20 heavy (non-hydrogen) atoms. The number of hydrogen-bond donors (Lipinski definition) is 1. The Kier molecular flexibility index (Phi) is 6.27. The molecule has 0 atom stereocenters. The minimum Gasteiger partial charge on any atom is -0.504 e. The van der Waals surface area contributed by atoms with Gasteiger partial charge in [0.25, 0.3) is 0 Å². The summed E-state index contributed by atoms with van der Waals surface area (Å²) >= 11 is 1.93. The van der Waals surface area contributed by atoms with E-state index in [4.69, 9.17) is 4.74 Å². The molecule has 0 unspecified atom stereocenters. The van der Waals surface area contributed by atoms with Crippen molar-refractivity contribution in [2.24, 2.45) is 0 Å². The molecule has 0 saturated carbocycles. The minimum absolute atomic E-state index is 1.06. The molecule has 1 aliphatic heterocycles. The number of hydrogen-bond acceptors (Lipinski definition) is 4. The van der Waals surface area contributed by atoms with Crippen LogP contribution in [0.25, 0.3) is 6.08 Å². The van der Waals surface area contributed by atoms with Crippen molar-refractivity contribution in [2.45, 2.75) is 18.2 Å². The number of ether oxygens (including phenoxy) is 1. The zero-order valence-corrected chi connectivity index (χ0v) is 13.2. The maximum atomic E-state index is 5.13. The summed E-state index contributed by atoms with van der Waals surface area (Å²) in [6.45, 7) is 6.46. The third-order valence-electron chi connectivity index (χ3n) is 3.33. The fourth-order valence-corrected chi connectivity index (χ4v) is 3.28. The molecule has 1 aliphatic rings. The molecule has 2 rings (SSSR count). The number of benzene rings is 1.